The highest BCUT2D eigenvalue weighted by Gasteiger charge is 1.84. The molecule has 0 aliphatic rings. The molecule has 0 heterocycles. The molecule has 0 amide bonds. The van der Waals surface area contributed by atoms with Crippen LogP contribution in [0.2, 0.25) is 0 Å². The van der Waals surface area contributed by atoms with E-state index in [4.69, 9.17) is 17.5 Å². The highest BCUT2D eigenvalue weighted by Crippen LogP contribution is 1.59. The summed E-state index contributed by atoms with van der Waals surface area (Å²) in [5.74, 6) is 0. The van der Waals surface area contributed by atoms with Gasteiger partial charge in [-0.25, -0.2) is 0 Å². The SMILES string of the molecule is O.O.O.O.O.O.O.O.O.O.O.O.O.O=S(=O)(O)O. The van der Waals surface area contributed by atoms with Crippen molar-refractivity contribution in [2.75, 3.05) is 0 Å². The molecule has 0 saturated carbocycles. The minimum Gasteiger partial charge on any atom is -0.412 e. The van der Waals surface area contributed by atoms with Crippen molar-refractivity contribution in [2.24, 2.45) is 0 Å². The molecule has 0 atom stereocenters. The Morgan fingerprint density at radius 3 is 0.389 bits per heavy atom. The van der Waals surface area contributed by atoms with Crippen LogP contribution in [-0.4, -0.2) is 88.7 Å². The van der Waals surface area contributed by atoms with Gasteiger partial charge >= 0.3 is 10.4 Å². The molecule has 18 heavy (non-hydrogen) atoms. The minimum atomic E-state index is -4.67. The van der Waals surface area contributed by atoms with Crippen molar-refractivity contribution < 1.29 is 88.7 Å². The Balaban J connectivity index is -0.00000000103. The fourth-order valence-corrected chi connectivity index (χ4v) is 0. The van der Waals surface area contributed by atoms with Gasteiger partial charge in [0.15, 0.2) is 0 Å². The number of rotatable bonds is 0. The average molecular weight is 332 g/mol. The van der Waals surface area contributed by atoms with Crippen molar-refractivity contribution in [2.45, 2.75) is 0 Å². The predicted molar refractivity (Wildman–Crippen MR) is 61.2 cm³/mol. The molecule has 0 aromatic rings. The summed E-state index contributed by atoms with van der Waals surface area (Å²) in [5, 5.41) is 0. The van der Waals surface area contributed by atoms with Crippen LogP contribution in [0.1, 0.15) is 0 Å². The van der Waals surface area contributed by atoms with Gasteiger partial charge in [0.1, 0.15) is 0 Å². The monoisotopic (exact) mass is 332 g/mol. The molecule has 18 heteroatoms. The summed E-state index contributed by atoms with van der Waals surface area (Å²) >= 11 is 0. The number of hydrogen-bond donors (Lipinski definition) is 2. The molecule has 0 saturated heterocycles. The molecule has 0 bridgehead atoms. The van der Waals surface area contributed by atoms with E-state index in [0.717, 1.165) is 0 Å². The van der Waals surface area contributed by atoms with Gasteiger partial charge in [-0.1, -0.05) is 0 Å². The minimum absolute atomic E-state index is 0. The fraction of sp³-hybridized carbons (Fsp3) is 0. The molecule has 17 nitrogen and oxygen atoms in total. The average Bonchev–Trinajstić information content (AvgIpc) is 0.722. The summed E-state index contributed by atoms with van der Waals surface area (Å²) in [5.41, 5.74) is 0. The lowest BCUT2D eigenvalue weighted by Gasteiger charge is -1.68. The first-order valence-electron chi connectivity index (χ1n) is 0.698. The Morgan fingerprint density at radius 1 is 0.389 bits per heavy atom. The maximum Gasteiger partial charge on any atom is 0.394 e. The summed E-state index contributed by atoms with van der Waals surface area (Å²) in [6.45, 7) is 0. The Bertz CT molecular complexity index is 88.8. The zero-order chi connectivity index (χ0) is 4.50. The second-order valence-corrected chi connectivity index (χ2v) is 1.34. The van der Waals surface area contributed by atoms with Crippen LogP contribution < -0.4 is 0 Å². The predicted octanol–water partition coefficient (Wildman–Crippen LogP) is -11.4. The Labute approximate surface area is 100 Å². The molecule has 0 aromatic heterocycles. The fourth-order valence-electron chi connectivity index (χ4n) is 0. The van der Waals surface area contributed by atoms with Crippen molar-refractivity contribution in [3.8, 4) is 0 Å². The molecular weight excluding hydrogens is 304 g/mol. The van der Waals surface area contributed by atoms with Crippen molar-refractivity contribution >= 4 is 10.4 Å². The summed E-state index contributed by atoms with van der Waals surface area (Å²) in [6.07, 6.45) is 0. The van der Waals surface area contributed by atoms with Crippen LogP contribution >= 0.6 is 0 Å². The quantitative estimate of drug-likeness (QED) is 0.407. The zero-order valence-electron chi connectivity index (χ0n) is 8.62. The van der Waals surface area contributed by atoms with Crippen molar-refractivity contribution in [1.29, 1.82) is 0 Å². The summed E-state index contributed by atoms with van der Waals surface area (Å²) in [4.78, 5) is 0. The van der Waals surface area contributed by atoms with Gasteiger partial charge in [-0.15, -0.1) is 0 Å². The van der Waals surface area contributed by atoms with E-state index in [2.05, 4.69) is 0 Å². The third-order valence-corrected chi connectivity index (χ3v) is 0. The third-order valence-electron chi connectivity index (χ3n) is 0. The van der Waals surface area contributed by atoms with Crippen LogP contribution in [0.5, 0.6) is 0 Å². The molecule has 0 radical (unpaired) electrons. The van der Waals surface area contributed by atoms with Crippen LogP contribution in [-0.2, 0) is 10.4 Å². The van der Waals surface area contributed by atoms with Gasteiger partial charge in [0.2, 0.25) is 0 Å². The first kappa shape index (κ1) is 413. The maximum absolute atomic E-state index is 8.74. The normalized spacial score (nSPS) is 3.22. The smallest absolute Gasteiger partial charge is 0.394 e. The van der Waals surface area contributed by atoms with Gasteiger partial charge in [0.05, 0.1) is 0 Å². The molecule has 28 N–H and O–H groups in total. The van der Waals surface area contributed by atoms with Gasteiger partial charge in [0.25, 0.3) is 0 Å². The van der Waals surface area contributed by atoms with Gasteiger partial charge < -0.3 is 71.2 Å². The van der Waals surface area contributed by atoms with Crippen molar-refractivity contribution in [1.82, 2.24) is 0 Å². The Morgan fingerprint density at radius 2 is 0.389 bits per heavy atom. The van der Waals surface area contributed by atoms with E-state index in [9.17, 15) is 0 Å². The lowest BCUT2D eigenvalue weighted by molar-refractivity contribution is 0.381. The first-order valence-corrected chi connectivity index (χ1v) is 2.10. The van der Waals surface area contributed by atoms with E-state index < -0.39 is 10.4 Å². The molecular formula is H28O17S. The second-order valence-electron chi connectivity index (χ2n) is 0.448. The van der Waals surface area contributed by atoms with Crippen LogP contribution in [0.4, 0.5) is 0 Å². The molecule has 136 valence electrons. The van der Waals surface area contributed by atoms with Gasteiger partial charge in [0, 0.05) is 0 Å². The topological polar surface area (TPSA) is 484 Å². The molecule has 0 spiro atoms. The third kappa shape index (κ3) is 7480. The zero-order valence-corrected chi connectivity index (χ0v) is 9.44. The first-order chi connectivity index (χ1) is 2.00. The standard InChI is InChI=1S/H2O4S.13H2O/c1-5(2,3)4;;;;;;;;;;;;;/h(H2,1,2,3,4);13*1H2. The maximum atomic E-state index is 8.74. The molecule has 0 rings (SSSR count). The molecule has 0 aromatic carbocycles. The van der Waals surface area contributed by atoms with Crippen molar-refractivity contribution in [3.63, 3.8) is 0 Å². The van der Waals surface area contributed by atoms with Crippen LogP contribution in [0.3, 0.4) is 0 Å². The molecule has 0 fully saturated rings. The van der Waals surface area contributed by atoms with Gasteiger partial charge in [-0.2, -0.15) is 8.42 Å². The number of hydrogen-bond acceptors (Lipinski definition) is 2. The molecule has 0 aliphatic heterocycles. The van der Waals surface area contributed by atoms with E-state index in [1.165, 1.54) is 0 Å². The summed E-state index contributed by atoms with van der Waals surface area (Å²) in [7, 11) is -4.67. The molecule has 0 aliphatic carbocycles. The van der Waals surface area contributed by atoms with E-state index in [1.807, 2.05) is 0 Å². The van der Waals surface area contributed by atoms with E-state index in [-0.39, 0.29) is 71.2 Å². The highest BCUT2D eigenvalue weighted by molar-refractivity contribution is 7.79. The lowest BCUT2D eigenvalue weighted by atomic mass is 15.8. The summed E-state index contributed by atoms with van der Waals surface area (Å²) < 4.78 is 31.6. The summed E-state index contributed by atoms with van der Waals surface area (Å²) in [6, 6.07) is 0. The van der Waals surface area contributed by atoms with E-state index in [1.54, 1.807) is 0 Å². The van der Waals surface area contributed by atoms with Crippen LogP contribution in [0, 0.1) is 0 Å². The van der Waals surface area contributed by atoms with Crippen LogP contribution in [0.25, 0.3) is 0 Å². The van der Waals surface area contributed by atoms with E-state index >= 15 is 0 Å². The highest BCUT2D eigenvalue weighted by atomic mass is 32.3. The molecule has 0 unspecified atom stereocenters. The van der Waals surface area contributed by atoms with Gasteiger partial charge in [-0.05, 0) is 0 Å². The largest absolute Gasteiger partial charge is 0.412 e. The lowest BCUT2D eigenvalue weighted by Crippen LogP contribution is -1.89. The Kier molecular flexibility index (Phi) is 3090. The second kappa shape index (κ2) is 135. The Hall–Kier alpha value is -0.650. The van der Waals surface area contributed by atoms with Crippen molar-refractivity contribution in [3.05, 3.63) is 0 Å². The van der Waals surface area contributed by atoms with Gasteiger partial charge in [-0.3, -0.25) is 9.11 Å². The van der Waals surface area contributed by atoms with E-state index in [0.29, 0.717) is 0 Å². The van der Waals surface area contributed by atoms with Crippen LogP contribution in [0.15, 0.2) is 0 Å².